The van der Waals surface area contributed by atoms with Gasteiger partial charge in [-0.1, -0.05) is 0 Å². The van der Waals surface area contributed by atoms with Gasteiger partial charge in [-0.3, -0.25) is 0 Å². The summed E-state index contributed by atoms with van der Waals surface area (Å²) in [5.74, 6) is 0.719. The molecule has 0 unspecified atom stereocenters. The maximum atomic E-state index is 5.23. The van der Waals surface area contributed by atoms with Gasteiger partial charge in [0.15, 0.2) is 0 Å². The third kappa shape index (κ3) is 1.25. The molecule has 0 saturated heterocycles. The smallest absolute Gasteiger partial charge is 0.227 e. The van der Waals surface area contributed by atoms with Crippen LogP contribution in [0.2, 0.25) is 0 Å². The van der Waals surface area contributed by atoms with Gasteiger partial charge in [0.2, 0.25) is 11.9 Å². The van der Waals surface area contributed by atoms with E-state index in [0.29, 0.717) is 5.95 Å². The second-order valence-corrected chi connectivity index (χ2v) is 1.42. The van der Waals surface area contributed by atoms with Crippen molar-refractivity contribution in [3.63, 3.8) is 0 Å². The molecule has 0 aromatic carbocycles. The minimum Gasteiger partial charge on any atom is -0.368 e. The van der Waals surface area contributed by atoms with Gasteiger partial charge in [-0.05, 0) is 0 Å². The molecule has 0 amide bonds. The standard InChI is InChI=1S/C4H7N5/c1-6-4-8-2-7-3(5)9-4/h2H,1H3,(H3,5,6,7,8,9). The first-order valence-electron chi connectivity index (χ1n) is 2.45. The van der Waals surface area contributed by atoms with E-state index in [1.807, 2.05) is 0 Å². The van der Waals surface area contributed by atoms with Crippen LogP contribution >= 0.6 is 0 Å². The summed E-state index contributed by atoms with van der Waals surface area (Å²) in [4.78, 5) is 11.1. The molecule has 1 heterocycles. The minimum atomic E-state index is 0.231. The Labute approximate surface area is 52.3 Å². The molecule has 0 saturated carbocycles. The molecule has 0 aliphatic heterocycles. The zero-order chi connectivity index (χ0) is 6.69. The lowest BCUT2D eigenvalue weighted by molar-refractivity contribution is 1.06. The van der Waals surface area contributed by atoms with E-state index in [9.17, 15) is 0 Å². The third-order valence-corrected chi connectivity index (χ3v) is 0.814. The zero-order valence-electron chi connectivity index (χ0n) is 5.00. The van der Waals surface area contributed by atoms with Gasteiger partial charge in [0, 0.05) is 7.05 Å². The summed E-state index contributed by atoms with van der Waals surface area (Å²) in [6.45, 7) is 0. The van der Waals surface area contributed by atoms with Crippen LogP contribution in [0, 0.1) is 0 Å². The van der Waals surface area contributed by atoms with Crippen LogP contribution in [0.5, 0.6) is 0 Å². The summed E-state index contributed by atoms with van der Waals surface area (Å²) in [7, 11) is 1.72. The Morgan fingerprint density at radius 1 is 1.56 bits per heavy atom. The molecule has 0 fully saturated rings. The first kappa shape index (κ1) is 5.74. The molecule has 0 aliphatic carbocycles. The van der Waals surface area contributed by atoms with Crippen molar-refractivity contribution < 1.29 is 0 Å². The van der Waals surface area contributed by atoms with Crippen LogP contribution in [0.15, 0.2) is 6.33 Å². The lowest BCUT2D eigenvalue weighted by atomic mass is 10.9. The molecule has 1 rings (SSSR count). The van der Waals surface area contributed by atoms with E-state index in [2.05, 4.69) is 20.3 Å². The van der Waals surface area contributed by atoms with Crippen molar-refractivity contribution in [1.29, 1.82) is 0 Å². The molecule has 5 heteroatoms. The predicted molar refractivity (Wildman–Crippen MR) is 33.8 cm³/mol. The molecular formula is C4H7N5. The van der Waals surface area contributed by atoms with Crippen molar-refractivity contribution in [1.82, 2.24) is 15.0 Å². The maximum Gasteiger partial charge on any atom is 0.227 e. The number of anilines is 2. The molecule has 3 N–H and O–H groups in total. The number of rotatable bonds is 1. The third-order valence-electron chi connectivity index (χ3n) is 0.814. The molecule has 0 atom stereocenters. The highest BCUT2D eigenvalue weighted by molar-refractivity contribution is 5.27. The Morgan fingerprint density at radius 2 is 2.33 bits per heavy atom. The van der Waals surface area contributed by atoms with Crippen LogP contribution in [0.4, 0.5) is 11.9 Å². The van der Waals surface area contributed by atoms with E-state index in [4.69, 9.17) is 5.73 Å². The van der Waals surface area contributed by atoms with Gasteiger partial charge in [-0.15, -0.1) is 0 Å². The van der Waals surface area contributed by atoms with Crippen LogP contribution in [-0.4, -0.2) is 22.0 Å². The molecule has 5 nitrogen and oxygen atoms in total. The van der Waals surface area contributed by atoms with Crippen LogP contribution in [-0.2, 0) is 0 Å². The van der Waals surface area contributed by atoms with Gasteiger partial charge in [0.25, 0.3) is 0 Å². The zero-order valence-corrected chi connectivity index (χ0v) is 5.00. The molecule has 1 aromatic rings. The maximum absolute atomic E-state index is 5.23. The average molecular weight is 125 g/mol. The van der Waals surface area contributed by atoms with E-state index < -0.39 is 0 Å². The van der Waals surface area contributed by atoms with Gasteiger partial charge >= 0.3 is 0 Å². The summed E-state index contributed by atoms with van der Waals surface area (Å²) in [6.07, 6.45) is 1.36. The number of nitrogen functional groups attached to an aromatic ring is 1. The highest BCUT2D eigenvalue weighted by Crippen LogP contribution is 1.93. The van der Waals surface area contributed by atoms with Crippen molar-refractivity contribution in [2.75, 3.05) is 18.1 Å². The monoisotopic (exact) mass is 125 g/mol. The Morgan fingerprint density at radius 3 is 2.78 bits per heavy atom. The van der Waals surface area contributed by atoms with Crippen LogP contribution in [0.3, 0.4) is 0 Å². The lowest BCUT2D eigenvalue weighted by Gasteiger charge is -1.94. The fourth-order valence-electron chi connectivity index (χ4n) is 0.429. The van der Waals surface area contributed by atoms with Crippen molar-refractivity contribution in [2.45, 2.75) is 0 Å². The second-order valence-electron chi connectivity index (χ2n) is 1.42. The summed E-state index contributed by atoms with van der Waals surface area (Å²) in [5.41, 5.74) is 5.23. The fraction of sp³-hybridized carbons (Fsp3) is 0.250. The number of nitrogens with zero attached hydrogens (tertiary/aromatic N) is 3. The van der Waals surface area contributed by atoms with Crippen molar-refractivity contribution >= 4 is 11.9 Å². The van der Waals surface area contributed by atoms with E-state index in [-0.39, 0.29) is 5.95 Å². The van der Waals surface area contributed by atoms with E-state index in [0.717, 1.165) is 0 Å². The van der Waals surface area contributed by atoms with Crippen LogP contribution in [0.1, 0.15) is 0 Å². The Bertz CT molecular complexity index is 198. The van der Waals surface area contributed by atoms with E-state index in [1.165, 1.54) is 6.33 Å². The summed E-state index contributed by atoms with van der Waals surface area (Å²) >= 11 is 0. The molecule has 0 radical (unpaired) electrons. The Kier molecular flexibility index (Phi) is 1.44. The minimum absolute atomic E-state index is 0.231. The summed E-state index contributed by atoms with van der Waals surface area (Å²) in [5, 5.41) is 2.73. The van der Waals surface area contributed by atoms with Gasteiger partial charge < -0.3 is 11.1 Å². The van der Waals surface area contributed by atoms with Gasteiger partial charge in [0.1, 0.15) is 6.33 Å². The largest absolute Gasteiger partial charge is 0.368 e. The summed E-state index contributed by atoms with van der Waals surface area (Å²) < 4.78 is 0. The molecule has 0 aliphatic rings. The molecule has 0 bridgehead atoms. The van der Waals surface area contributed by atoms with Crippen molar-refractivity contribution in [2.24, 2.45) is 0 Å². The SMILES string of the molecule is CNc1ncnc(N)n1. The predicted octanol–water partition coefficient (Wildman–Crippen LogP) is -0.505. The van der Waals surface area contributed by atoms with E-state index >= 15 is 0 Å². The molecule has 1 aromatic heterocycles. The number of hydrogen-bond acceptors (Lipinski definition) is 5. The van der Waals surface area contributed by atoms with Crippen LogP contribution < -0.4 is 11.1 Å². The Balaban J connectivity index is 2.94. The normalized spacial score (nSPS) is 9.00. The molecular weight excluding hydrogens is 118 g/mol. The average Bonchev–Trinajstić information content (AvgIpc) is 1.88. The van der Waals surface area contributed by atoms with E-state index in [1.54, 1.807) is 7.05 Å². The number of nitrogens with two attached hydrogens (primary N) is 1. The topological polar surface area (TPSA) is 76.7 Å². The van der Waals surface area contributed by atoms with Crippen molar-refractivity contribution in [3.05, 3.63) is 6.33 Å². The second kappa shape index (κ2) is 2.25. The first-order chi connectivity index (χ1) is 4.33. The molecule has 9 heavy (non-hydrogen) atoms. The number of hydrogen-bond donors (Lipinski definition) is 2. The highest BCUT2D eigenvalue weighted by Gasteiger charge is 1.89. The molecule has 0 spiro atoms. The highest BCUT2D eigenvalue weighted by atomic mass is 15.2. The summed E-state index contributed by atoms with van der Waals surface area (Å²) in [6, 6.07) is 0. The van der Waals surface area contributed by atoms with Gasteiger partial charge in [0.05, 0.1) is 0 Å². The quantitative estimate of drug-likeness (QED) is 0.529. The Hall–Kier alpha value is -1.39. The lowest BCUT2D eigenvalue weighted by Crippen LogP contribution is -2.00. The molecule has 48 valence electrons. The fourth-order valence-corrected chi connectivity index (χ4v) is 0.429. The first-order valence-corrected chi connectivity index (χ1v) is 2.45. The van der Waals surface area contributed by atoms with Gasteiger partial charge in [-0.2, -0.15) is 4.98 Å². The van der Waals surface area contributed by atoms with Crippen molar-refractivity contribution in [3.8, 4) is 0 Å². The van der Waals surface area contributed by atoms with Crippen LogP contribution in [0.25, 0.3) is 0 Å². The van der Waals surface area contributed by atoms with Gasteiger partial charge in [-0.25, -0.2) is 9.97 Å². The number of nitrogens with one attached hydrogen (secondary N) is 1. The number of aromatic nitrogens is 3.